The van der Waals surface area contributed by atoms with Gasteiger partial charge in [-0.1, -0.05) is 31.2 Å². The first-order chi connectivity index (χ1) is 15.2. The molecule has 5 nitrogen and oxygen atoms in total. The number of nitrogens with zero attached hydrogens (tertiary/aromatic N) is 3. The molecule has 1 atom stereocenters. The van der Waals surface area contributed by atoms with Gasteiger partial charge in [-0.3, -0.25) is 4.79 Å². The van der Waals surface area contributed by atoms with E-state index in [9.17, 15) is 18.0 Å². The number of carbonyl (C=O) groups excluding carboxylic acids is 1. The van der Waals surface area contributed by atoms with Crippen molar-refractivity contribution in [1.82, 2.24) is 15.2 Å². The lowest BCUT2D eigenvalue weighted by Crippen LogP contribution is -2.43. The largest absolute Gasteiger partial charge is 0.417 e. The zero-order chi connectivity index (χ0) is 23.3. The van der Waals surface area contributed by atoms with Crippen molar-refractivity contribution in [3.8, 4) is 0 Å². The van der Waals surface area contributed by atoms with Gasteiger partial charge in [0.15, 0.2) is 0 Å². The zero-order valence-electron chi connectivity index (χ0n) is 18.8. The summed E-state index contributed by atoms with van der Waals surface area (Å²) < 4.78 is 38.2. The minimum absolute atomic E-state index is 0.0297. The molecule has 1 fully saturated rings. The van der Waals surface area contributed by atoms with E-state index in [1.165, 1.54) is 11.6 Å². The van der Waals surface area contributed by atoms with Crippen molar-refractivity contribution < 1.29 is 18.0 Å². The summed E-state index contributed by atoms with van der Waals surface area (Å²) in [7, 11) is 4.00. The average Bonchev–Trinajstić information content (AvgIpc) is 2.79. The Hall–Kier alpha value is -2.61. The van der Waals surface area contributed by atoms with E-state index < -0.39 is 11.7 Å². The summed E-state index contributed by atoms with van der Waals surface area (Å²) in [6.07, 6.45) is -1.25. The third-order valence-corrected chi connectivity index (χ3v) is 6.13. The second-order valence-electron chi connectivity index (χ2n) is 8.48. The number of nitrogens with one attached hydrogen (secondary N) is 1. The number of halogens is 3. The SMILES string of the molecule is CCc1ccc([C@H](CNC(=O)C2CCN(c3ccc(C(F)(F)F)cn3)CC2)N(C)C)cc1. The van der Waals surface area contributed by atoms with Gasteiger partial charge in [-0.05, 0) is 56.6 Å². The molecular formula is C24H31F3N4O. The van der Waals surface area contributed by atoms with Crippen LogP contribution in [-0.4, -0.2) is 49.5 Å². The molecular weight excluding hydrogens is 417 g/mol. The van der Waals surface area contributed by atoms with E-state index in [1.54, 1.807) is 0 Å². The van der Waals surface area contributed by atoms with Crippen LogP contribution >= 0.6 is 0 Å². The standard InChI is InChI=1S/C24H31F3N4O/c1-4-17-5-7-18(8-6-17)21(30(2)3)16-29-23(32)19-11-13-31(14-12-19)22-10-9-20(15-28-22)24(25,26)27/h5-10,15,19,21H,4,11-14,16H2,1-3H3,(H,29,32)/t21-/m0/s1. The van der Waals surface area contributed by atoms with Gasteiger partial charge in [0.1, 0.15) is 5.82 Å². The fourth-order valence-electron chi connectivity index (χ4n) is 4.03. The first kappa shape index (κ1) is 24.0. The highest BCUT2D eigenvalue weighted by molar-refractivity contribution is 5.79. The number of aryl methyl sites for hydroxylation is 1. The molecule has 1 aliphatic heterocycles. The van der Waals surface area contributed by atoms with Crippen molar-refractivity contribution in [1.29, 1.82) is 0 Å². The number of aromatic nitrogens is 1. The second-order valence-corrected chi connectivity index (χ2v) is 8.48. The van der Waals surface area contributed by atoms with Crippen LogP contribution < -0.4 is 10.2 Å². The molecule has 1 amide bonds. The summed E-state index contributed by atoms with van der Waals surface area (Å²) in [4.78, 5) is 20.8. The molecule has 1 aliphatic rings. The van der Waals surface area contributed by atoms with Crippen LogP contribution in [0.1, 0.15) is 42.5 Å². The Bertz CT molecular complexity index is 874. The highest BCUT2D eigenvalue weighted by atomic mass is 19.4. The topological polar surface area (TPSA) is 48.5 Å². The lowest BCUT2D eigenvalue weighted by Gasteiger charge is -2.33. The maximum Gasteiger partial charge on any atom is 0.417 e. The Morgan fingerprint density at radius 3 is 2.31 bits per heavy atom. The first-order valence-corrected chi connectivity index (χ1v) is 11.0. The fourth-order valence-corrected chi connectivity index (χ4v) is 4.03. The molecule has 8 heteroatoms. The Balaban J connectivity index is 1.52. The third-order valence-electron chi connectivity index (χ3n) is 6.13. The molecule has 1 N–H and O–H groups in total. The number of amides is 1. The van der Waals surface area contributed by atoms with Crippen LogP contribution in [0.5, 0.6) is 0 Å². The first-order valence-electron chi connectivity index (χ1n) is 11.0. The van der Waals surface area contributed by atoms with Crippen LogP contribution in [0.4, 0.5) is 19.0 Å². The van der Waals surface area contributed by atoms with Gasteiger partial charge in [-0.15, -0.1) is 0 Å². The predicted octanol–water partition coefficient (Wildman–Crippen LogP) is 4.30. The molecule has 0 bridgehead atoms. The van der Waals surface area contributed by atoms with Crippen LogP contribution in [0.3, 0.4) is 0 Å². The highest BCUT2D eigenvalue weighted by Crippen LogP contribution is 2.30. The smallest absolute Gasteiger partial charge is 0.357 e. The minimum Gasteiger partial charge on any atom is -0.357 e. The summed E-state index contributed by atoms with van der Waals surface area (Å²) >= 11 is 0. The molecule has 2 heterocycles. The normalized spacial score (nSPS) is 16.3. The fraction of sp³-hybridized carbons (Fsp3) is 0.500. The molecule has 0 saturated carbocycles. The van der Waals surface area contributed by atoms with E-state index in [0.717, 1.165) is 24.2 Å². The molecule has 1 aromatic heterocycles. The van der Waals surface area contributed by atoms with E-state index in [1.807, 2.05) is 19.0 Å². The zero-order valence-corrected chi connectivity index (χ0v) is 18.8. The van der Waals surface area contributed by atoms with Crippen molar-refractivity contribution >= 4 is 11.7 Å². The minimum atomic E-state index is -4.39. The second kappa shape index (κ2) is 10.3. The van der Waals surface area contributed by atoms with E-state index in [-0.39, 0.29) is 17.9 Å². The van der Waals surface area contributed by atoms with Crippen LogP contribution in [0, 0.1) is 5.92 Å². The Morgan fingerprint density at radius 2 is 1.81 bits per heavy atom. The molecule has 0 aliphatic carbocycles. The number of rotatable bonds is 7. The summed E-state index contributed by atoms with van der Waals surface area (Å²) in [5, 5.41) is 3.10. The molecule has 1 saturated heterocycles. The Kier molecular flexibility index (Phi) is 7.77. The monoisotopic (exact) mass is 448 g/mol. The molecule has 32 heavy (non-hydrogen) atoms. The number of piperidine rings is 1. The number of hydrogen-bond donors (Lipinski definition) is 1. The quantitative estimate of drug-likeness (QED) is 0.686. The van der Waals surface area contributed by atoms with Crippen molar-refractivity contribution in [3.63, 3.8) is 0 Å². The van der Waals surface area contributed by atoms with E-state index in [4.69, 9.17) is 0 Å². The Labute approximate surface area is 187 Å². The number of benzene rings is 1. The van der Waals surface area contributed by atoms with Crippen molar-refractivity contribution in [2.45, 2.75) is 38.4 Å². The van der Waals surface area contributed by atoms with E-state index >= 15 is 0 Å². The summed E-state index contributed by atoms with van der Waals surface area (Å²) in [5.74, 6) is 0.438. The molecule has 0 radical (unpaired) electrons. The van der Waals surface area contributed by atoms with Crippen LogP contribution in [-0.2, 0) is 17.4 Å². The number of alkyl halides is 3. The van der Waals surface area contributed by atoms with Crippen LogP contribution in [0.25, 0.3) is 0 Å². The number of likely N-dealkylation sites (N-methyl/N-ethyl adjacent to an activating group) is 1. The molecule has 3 rings (SSSR count). The van der Waals surface area contributed by atoms with E-state index in [2.05, 4.69) is 46.4 Å². The van der Waals surface area contributed by atoms with Gasteiger partial charge in [0.05, 0.1) is 11.6 Å². The van der Waals surface area contributed by atoms with Crippen molar-refractivity contribution in [3.05, 3.63) is 59.3 Å². The number of hydrogen-bond acceptors (Lipinski definition) is 4. The summed E-state index contributed by atoms with van der Waals surface area (Å²) in [5.41, 5.74) is 1.69. The van der Waals surface area contributed by atoms with Crippen LogP contribution in [0.2, 0.25) is 0 Å². The maximum absolute atomic E-state index is 12.8. The highest BCUT2D eigenvalue weighted by Gasteiger charge is 2.31. The molecule has 0 unspecified atom stereocenters. The Morgan fingerprint density at radius 1 is 1.16 bits per heavy atom. The van der Waals surface area contributed by atoms with Gasteiger partial charge < -0.3 is 15.1 Å². The summed E-state index contributed by atoms with van der Waals surface area (Å²) in [6.45, 7) is 3.83. The number of carbonyl (C=O) groups is 1. The third kappa shape index (κ3) is 6.00. The predicted molar refractivity (Wildman–Crippen MR) is 119 cm³/mol. The lowest BCUT2D eigenvalue weighted by molar-refractivity contribution is -0.137. The summed E-state index contributed by atoms with van der Waals surface area (Å²) in [6, 6.07) is 11.0. The van der Waals surface area contributed by atoms with Gasteiger partial charge in [0, 0.05) is 31.7 Å². The van der Waals surface area contributed by atoms with Gasteiger partial charge in [0.2, 0.25) is 5.91 Å². The number of pyridine rings is 1. The van der Waals surface area contributed by atoms with Gasteiger partial charge in [-0.25, -0.2) is 4.98 Å². The van der Waals surface area contributed by atoms with Gasteiger partial charge >= 0.3 is 6.18 Å². The molecule has 2 aromatic rings. The van der Waals surface area contributed by atoms with Crippen LogP contribution in [0.15, 0.2) is 42.6 Å². The molecule has 0 spiro atoms. The average molecular weight is 449 g/mol. The maximum atomic E-state index is 12.8. The van der Waals surface area contributed by atoms with E-state index in [0.29, 0.717) is 38.3 Å². The van der Waals surface area contributed by atoms with Gasteiger partial charge in [0.25, 0.3) is 0 Å². The molecule has 174 valence electrons. The van der Waals surface area contributed by atoms with Crippen molar-refractivity contribution in [2.75, 3.05) is 38.6 Å². The number of anilines is 1. The van der Waals surface area contributed by atoms with Gasteiger partial charge in [-0.2, -0.15) is 13.2 Å². The molecule has 1 aromatic carbocycles. The van der Waals surface area contributed by atoms with Crippen molar-refractivity contribution in [2.24, 2.45) is 5.92 Å². The lowest BCUT2D eigenvalue weighted by atomic mass is 9.95.